The van der Waals surface area contributed by atoms with Crippen LogP contribution < -0.4 is 15.0 Å². The Morgan fingerprint density at radius 2 is 2.00 bits per heavy atom. The summed E-state index contributed by atoms with van der Waals surface area (Å²) in [6.45, 7) is 2.73. The molecule has 6 heteroatoms. The van der Waals surface area contributed by atoms with Gasteiger partial charge < -0.3 is 15.0 Å². The first-order valence-corrected chi connectivity index (χ1v) is 8.89. The predicted octanol–water partition coefficient (Wildman–Crippen LogP) is 3.46. The summed E-state index contributed by atoms with van der Waals surface area (Å²) in [4.78, 5) is 18.7. The standard InChI is InChI=1S/C17H21N3O2S/c21-17(22-15-7-3-1-4-8-15)18-10-9-14-13-23-16(19-14)20-11-5-2-6-12-20/h1,3-4,7-8,13H,2,5-6,9-12H2,(H,18,21). The lowest BCUT2D eigenvalue weighted by molar-refractivity contribution is 0.200. The maximum atomic E-state index is 11.7. The summed E-state index contributed by atoms with van der Waals surface area (Å²) in [5.41, 5.74) is 1.02. The van der Waals surface area contributed by atoms with Crippen LogP contribution in [0.15, 0.2) is 35.7 Å². The number of piperidine rings is 1. The van der Waals surface area contributed by atoms with Gasteiger partial charge in [0.05, 0.1) is 5.69 Å². The lowest BCUT2D eigenvalue weighted by atomic mass is 10.1. The van der Waals surface area contributed by atoms with Gasteiger partial charge in [0.2, 0.25) is 0 Å². The number of thiazole rings is 1. The minimum atomic E-state index is -0.428. The molecule has 0 bridgehead atoms. The van der Waals surface area contributed by atoms with Gasteiger partial charge in [-0.1, -0.05) is 18.2 Å². The van der Waals surface area contributed by atoms with Crippen LogP contribution in [-0.2, 0) is 6.42 Å². The number of aromatic nitrogens is 1. The van der Waals surface area contributed by atoms with E-state index in [4.69, 9.17) is 4.74 Å². The van der Waals surface area contributed by atoms with Crippen molar-refractivity contribution in [3.63, 3.8) is 0 Å². The lowest BCUT2D eigenvalue weighted by Crippen LogP contribution is -2.29. The molecule has 5 nitrogen and oxygen atoms in total. The molecule has 2 heterocycles. The normalized spacial score (nSPS) is 14.5. The smallest absolute Gasteiger partial charge is 0.410 e. The first kappa shape index (κ1) is 15.8. The molecular weight excluding hydrogens is 310 g/mol. The molecule has 2 aromatic rings. The minimum Gasteiger partial charge on any atom is -0.410 e. The molecule has 0 atom stereocenters. The zero-order valence-corrected chi connectivity index (χ0v) is 13.8. The molecule has 0 unspecified atom stereocenters. The third-order valence-electron chi connectivity index (χ3n) is 3.77. The highest BCUT2D eigenvalue weighted by Gasteiger charge is 2.14. The van der Waals surface area contributed by atoms with Crippen molar-refractivity contribution in [2.75, 3.05) is 24.5 Å². The Balaban J connectivity index is 1.42. The Hall–Kier alpha value is -2.08. The van der Waals surface area contributed by atoms with Gasteiger partial charge in [-0.3, -0.25) is 0 Å². The summed E-state index contributed by atoms with van der Waals surface area (Å²) in [5, 5.41) is 5.94. The topological polar surface area (TPSA) is 54.5 Å². The van der Waals surface area contributed by atoms with Crippen LogP contribution in [0.2, 0.25) is 0 Å². The summed E-state index contributed by atoms with van der Waals surface area (Å²) in [7, 11) is 0. The molecule has 0 saturated carbocycles. The van der Waals surface area contributed by atoms with Gasteiger partial charge in [-0.05, 0) is 31.4 Å². The molecule has 1 aliphatic rings. The third kappa shape index (κ3) is 4.69. The predicted molar refractivity (Wildman–Crippen MR) is 92.4 cm³/mol. The molecule has 122 valence electrons. The largest absolute Gasteiger partial charge is 0.412 e. The van der Waals surface area contributed by atoms with Gasteiger partial charge in [-0.2, -0.15) is 0 Å². The third-order valence-corrected chi connectivity index (χ3v) is 4.72. The maximum Gasteiger partial charge on any atom is 0.412 e. The van der Waals surface area contributed by atoms with Crippen molar-refractivity contribution in [1.82, 2.24) is 10.3 Å². The zero-order valence-electron chi connectivity index (χ0n) is 13.0. The van der Waals surface area contributed by atoms with Gasteiger partial charge >= 0.3 is 6.09 Å². The summed E-state index contributed by atoms with van der Waals surface area (Å²) < 4.78 is 5.18. The fraction of sp³-hybridized carbons (Fsp3) is 0.412. The summed E-state index contributed by atoms with van der Waals surface area (Å²) >= 11 is 1.69. The maximum absolute atomic E-state index is 11.7. The molecule has 0 radical (unpaired) electrons. The van der Waals surface area contributed by atoms with Crippen molar-refractivity contribution >= 4 is 22.6 Å². The summed E-state index contributed by atoms with van der Waals surface area (Å²) in [6.07, 6.45) is 4.11. The van der Waals surface area contributed by atoms with Crippen molar-refractivity contribution in [2.24, 2.45) is 0 Å². The number of nitrogens with one attached hydrogen (secondary N) is 1. The van der Waals surface area contributed by atoms with E-state index in [9.17, 15) is 4.79 Å². The highest BCUT2D eigenvalue weighted by atomic mass is 32.1. The Labute approximate surface area is 140 Å². The molecule has 1 saturated heterocycles. The van der Waals surface area contributed by atoms with Gasteiger partial charge in [0.1, 0.15) is 5.75 Å². The molecule has 3 rings (SSSR count). The second-order valence-electron chi connectivity index (χ2n) is 5.55. The van der Waals surface area contributed by atoms with E-state index >= 15 is 0 Å². The minimum absolute atomic E-state index is 0.428. The molecule has 23 heavy (non-hydrogen) atoms. The van der Waals surface area contributed by atoms with Crippen LogP contribution in [0.5, 0.6) is 5.75 Å². The molecule has 0 spiro atoms. The van der Waals surface area contributed by atoms with Crippen LogP contribution in [0.25, 0.3) is 0 Å². The molecule has 1 aliphatic heterocycles. The molecule has 1 amide bonds. The lowest BCUT2D eigenvalue weighted by Gasteiger charge is -2.25. The van der Waals surface area contributed by atoms with Gasteiger partial charge in [0.15, 0.2) is 5.13 Å². The second kappa shape index (κ2) is 7.97. The van der Waals surface area contributed by atoms with Gasteiger partial charge in [0.25, 0.3) is 0 Å². The fourth-order valence-corrected chi connectivity index (χ4v) is 3.48. The number of ether oxygens (including phenoxy) is 1. The van der Waals surface area contributed by atoms with Crippen LogP contribution in [0, 0.1) is 0 Å². The van der Waals surface area contributed by atoms with Crippen LogP contribution in [-0.4, -0.2) is 30.7 Å². The van der Waals surface area contributed by atoms with E-state index in [0.29, 0.717) is 18.7 Å². The van der Waals surface area contributed by atoms with Crippen molar-refractivity contribution in [3.8, 4) is 5.75 Å². The number of nitrogens with zero attached hydrogens (tertiary/aromatic N) is 2. The second-order valence-corrected chi connectivity index (χ2v) is 6.39. The van der Waals surface area contributed by atoms with E-state index in [1.165, 1.54) is 19.3 Å². The molecule has 1 aromatic carbocycles. The number of rotatable bonds is 5. The fourth-order valence-electron chi connectivity index (χ4n) is 2.57. The molecule has 1 fully saturated rings. The number of para-hydroxylation sites is 1. The average Bonchev–Trinajstić information content (AvgIpc) is 3.05. The molecular formula is C17H21N3O2S. The van der Waals surface area contributed by atoms with Crippen molar-refractivity contribution in [3.05, 3.63) is 41.4 Å². The number of hydrogen-bond acceptors (Lipinski definition) is 5. The molecule has 1 aromatic heterocycles. The number of hydrogen-bond donors (Lipinski definition) is 1. The highest BCUT2D eigenvalue weighted by molar-refractivity contribution is 7.13. The molecule has 1 N–H and O–H groups in total. The summed E-state index contributed by atoms with van der Waals surface area (Å²) in [5.74, 6) is 0.547. The highest BCUT2D eigenvalue weighted by Crippen LogP contribution is 2.24. The van der Waals surface area contributed by atoms with Crippen molar-refractivity contribution in [1.29, 1.82) is 0 Å². The number of carbonyl (C=O) groups excluding carboxylic acids is 1. The SMILES string of the molecule is O=C(NCCc1csc(N2CCCCC2)n1)Oc1ccccc1. The van der Waals surface area contributed by atoms with Crippen LogP contribution in [0.1, 0.15) is 25.0 Å². The Kier molecular flexibility index (Phi) is 5.47. The Bertz CT molecular complexity index is 624. The zero-order chi connectivity index (χ0) is 15.9. The van der Waals surface area contributed by atoms with E-state index < -0.39 is 6.09 Å². The van der Waals surface area contributed by atoms with Crippen molar-refractivity contribution < 1.29 is 9.53 Å². The number of amides is 1. The number of anilines is 1. The first-order chi connectivity index (χ1) is 11.3. The quantitative estimate of drug-likeness (QED) is 0.911. The Morgan fingerprint density at radius 1 is 1.22 bits per heavy atom. The number of carbonyl (C=O) groups is 1. The van der Waals surface area contributed by atoms with E-state index in [1.807, 2.05) is 18.2 Å². The molecule has 0 aliphatic carbocycles. The van der Waals surface area contributed by atoms with Crippen molar-refractivity contribution in [2.45, 2.75) is 25.7 Å². The van der Waals surface area contributed by atoms with E-state index in [-0.39, 0.29) is 0 Å². The van der Waals surface area contributed by atoms with E-state index in [1.54, 1.807) is 23.5 Å². The van der Waals surface area contributed by atoms with E-state index in [0.717, 1.165) is 23.9 Å². The van der Waals surface area contributed by atoms with Gasteiger partial charge in [0, 0.05) is 31.4 Å². The van der Waals surface area contributed by atoms with Crippen LogP contribution >= 0.6 is 11.3 Å². The average molecular weight is 331 g/mol. The van der Waals surface area contributed by atoms with E-state index in [2.05, 4.69) is 20.6 Å². The van der Waals surface area contributed by atoms with Gasteiger partial charge in [-0.25, -0.2) is 9.78 Å². The first-order valence-electron chi connectivity index (χ1n) is 8.01. The monoisotopic (exact) mass is 331 g/mol. The van der Waals surface area contributed by atoms with Gasteiger partial charge in [-0.15, -0.1) is 11.3 Å². The number of benzene rings is 1. The van der Waals surface area contributed by atoms with Crippen LogP contribution in [0.4, 0.5) is 9.93 Å². The summed E-state index contributed by atoms with van der Waals surface area (Å²) in [6, 6.07) is 9.06. The van der Waals surface area contributed by atoms with Crippen LogP contribution in [0.3, 0.4) is 0 Å². The Morgan fingerprint density at radius 3 is 2.78 bits per heavy atom.